The van der Waals surface area contributed by atoms with Gasteiger partial charge in [0.15, 0.2) is 5.78 Å². The number of rotatable bonds is 6. The van der Waals surface area contributed by atoms with Crippen LogP contribution >= 0.6 is 15.9 Å². The molecule has 18 heavy (non-hydrogen) atoms. The smallest absolute Gasteiger partial charge is 0.223 e. The molecule has 4 heteroatoms. The summed E-state index contributed by atoms with van der Waals surface area (Å²) in [7, 11) is 0. The third-order valence-corrected chi connectivity index (χ3v) is 3.38. The number of halogens is 1. The van der Waals surface area contributed by atoms with Crippen molar-refractivity contribution in [1.82, 2.24) is 4.90 Å². The highest BCUT2D eigenvalue weighted by atomic mass is 79.9. The van der Waals surface area contributed by atoms with E-state index in [1.165, 1.54) is 0 Å². The Morgan fingerprint density at radius 2 is 1.61 bits per heavy atom. The van der Waals surface area contributed by atoms with Gasteiger partial charge in [0.25, 0.3) is 0 Å². The van der Waals surface area contributed by atoms with E-state index in [0.29, 0.717) is 18.7 Å². The van der Waals surface area contributed by atoms with Gasteiger partial charge in [0.05, 0.1) is 0 Å². The summed E-state index contributed by atoms with van der Waals surface area (Å²) >= 11 is 3.32. The zero-order chi connectivity index (χ0) is 13.5. The van der Waals surface area contributed by atoms with E-state index in [9.17, 15) is 9.59 Å². The number of benzene rings is 1. The first-order valence-corrected chi connectivity index (χ1v) is 6.94. The van der Waals surface area contributed by atoms with E-state index in [0.717, 1.165) is 4.47 Å². The van der Waals surface area contributed by atoms with Crippen LogP contribution in [0.5, 0.6) is 0 Å². The van der Waals surface area contributed by atoms with Gasteiger partial charge >= 0.3 is 0 Å². The van der Waals surface area contributed by atoms with E-state index in [1.807, 2.05) is 26.0 Å². The third kappa shape index (κ3) is 4.26. The van der Waals surface area contributed by atoms with Crippen LogP contribution in [0, 0.1) is 0 Å². The molecule has 0 aliphatic carbocycles. The Bertz CT molecular complexity index is 410. The van der Waals surface area contributed by atoms with Crippen LogP contribution in [0.15, 0.2) is 28.7 Å². The molecule has 0 aliphatic rings. The van der Waals surface area contributed by atoms with Gasteiger partial charge in [-0.25, -0.2) is 0 Å². The Kier molecular flexibility index (Phi) is 6.05. The molecule has 1 aromatic rings. The summed E-state index contributed by atoms with van der Waals surface area (Å²) in [5.41, 5.74) is 0.658. The molecule has 0 atom stereocenters. The summed E-state index contributed by atoms with van der Waals surface area (Å²) in [4.78, 5) is 25.4. The fraction of sp³-hybridized carbons (Fsp3) is 0.429. The van der Waals surface area contributed by atoms with Crippen molar-refractivity contribution in [2.24, 2.45) is 0 Å². The molecule has 0 aliphatic heterocycles. The zero-order valence-corrected chi connectivity index (χ0v) is 12.4. The van der Waals surface area contributed by atoms with Gasteiger partial charge in [0.2, 0.25) is 5.91 Å². The number of nitrogens with zero attached hydrogens (tertiary/aromatic N) is 1. The predicted molar refractivity (Wildman–Crippen MR) is 75.6 cm³/mol. The second-order valence-corrected chi connectivity index (χ2v) is 4.91. The first kappa shape index (κ1) is 14.9. The molecular formula is C14H18BrNO2. The molecular weight excluding hydrogens is 294 g/mol. The van der Waals surface area contributed by atoms with Crippen LogP contribution in [-0.4, -0.2) is 29.7 Å². The summed E-state index contributed by atoms with van der Waals surface area (Å²) < 4.78 is 0.943. The van der Waals surface area contributed by atoms with Crippen LogP contribution in [-0.2, 0) is 4.79 Å². The van der Waals surface area contributed by atoms with E-state index in [1.54, 1.807) is 17.0 Å². The van der Waals surface area contributed by atoms with Gasteiger partial charge in [-0.1, -0.05) is 28.1 Å². The maximum Gasteiger partial charge on any atom is 0.223 e. The lowest BCUT2D eigenvalue weighted by Crippen LogP contribution is -2.30. The van der Waals surface area contributed by atoms with E-state index < -0.39 is 0 Å². The summed E-state index contributed by atoms with van der Waals surface area (Å²) in [6.45, 7) is 5.28. The van der Waals surface area contributed by atoms with Crippen molar-refractivity contribution in [3.05, 3.63) is 34.3 Å². The maximum atomic E-state index is 11.9. The number of hydrogen-bond acceptors (Lipinski definition) is 2. The molecule has 98 valence electrons. The molecule has 1 amide bonds. The van der Waals surface area contributed by atoms with Gasteiger partial charge < -0.3 is 4.90 Å². The summed E-state index contributed by atoms with van der Waals surface area (Å²) in [5, 5.41) is 0. The Labute approximate surface area is 116 Å². The molecule has 0 aromatic heterocycles. The van der Waals surface area contributed by atoms with Gasteiger partial charge in [0, 0.05) is 36.0 Å². The van der Waals surface area contributed by atoms with E-state index in [2.05, 4.69) is 15.9 Å². The fourth-order valence-corrected chi connectivity index (χ4v) is 2.00. The van der Waals surface area contributed by atoms with Gasteiger partial charge in [-0.05, 0) is 26.0 Å². The largest absolute Gasteiger partial charge is 0.343 e. The van der Waals surface area contributed by atoms with Crippen LogP contribution < -0.4 is 0 Å². The van der Waals surface area contributed by atoms with Crippen molar-refractivity contribution >= 4 is 27.6 Å². The zero-order valence-electron chi connectivity index (χ0n) is 10.8. The molecule has 0 bridgehead atoms. The number of ketones is 1. The molecule has 0 heterocycles. The summed E-state index contributed by atoms with van der Waals surface area (Å²) in [6.07, 6.45) is 0.563. The number of hydrogen-bond donors (Lipinski definition) is 0. The fourth-order valence-electron chi connectivity index (χ4n) is 1.74. The first-order chi connectivity index (χ1) is 8.58. The number of Topliss-reactive ketones (excluding diaryl/α,β-unsaturated/α-hetero) is 1. The third-order valence-electron chi connectivity index (χ3n) is 2.85. The minimum atomic E-state index is 0.0167. The standard InChI is InChI=1S/C14H18BrNO2/c1-3-16(4-2)14(18)10-9-13(17)11-5-7-12(15)8-6-11/h5-8H,3-4,9-10H2,1-2H3. The molecule has 1 aromatic carbocycles. The molecule has 0 spiro atoms. The number of carbonyl (C=O) groups excluding carboxylic acids is 2. The highest BCUT2D eigenvalue weighted by Gasteiger charge is 2.12. The number of carbonyl (C=O) groups is 2. The summed E-state index contributed by atoms with van der Waals surface area (Å²) in [6, 6.07) is 7.21. The Morgan fingerprint density at radius 3 is 2.11 bits per heavy atom. The van der Waals surface area contributed by atoms with E-state index in [4.69, 9.17) is 0 Å². The average molecular weight is 312 g/mol. The Hall–Kier alpha value is -1.16. The lowest BCUT2D eigenvalue weighted by Gasteiger charge is -2.18. The first-order valence-electron chi connectivity index (χ1n) is 6.15. The molecule has 3 nitrogen and oxygen atoms in total. The van der Waals surface area contributed by atoms with Crippen LogP contribution in [0.25, 0.3) is 0 Å². The molecule has 0 saturated heterocycles. The Morgan fingerprint density at radius 1 is 1.06 bits per heavy atom. The van der Waals surface area contributed by atoms with Crippen molar-refractivity contribution in [1.29, 1.82) is 0 Å². The summed E-state index contributed by atoms with van der Waals surface area (Å²) in [5.74, 6) is 0.0634. The predicted octanol–water partition coefficient (Wildman–Crippen LogP) is 3.28. The molecule has 0 unspecified atom stereocenters. The minimum Gasteiger partial charge on any atom is -0.343 e. The van der Waals surface area contributed by atoms with E-state index in [-0.39, 0.29) is 24.5 Å². The number of amides is 1. The second-order valence-electron chi connectivity index (χ2n) is 4.00. The molecule has 0 saturated carbocycles. The van der Waals surface area contributed by atoms with Gasteiger partial charge in [0.1, 0.15) is 0 Å². The maximum absolute atomic E-state index is 11.9. The highest BCUT2D eigenvalue weighted by molar-refractivity contribution is 9.10. The van der Waals surface area contributed by atoms with Gasteiger partial charge in [-0.2, -0.15) is 0 Å². The highest BCUT2D eigenvalue weighted by Crippen LogP contribution is 2.13. The van der Waals surface area contributed by atoms with Gasteiger partial charge in [-0.15, -0.1) is 0 Å². The normalized spacial score (nSPS) is 10.2. The van der Waals surface area contributed by atoms with Crippen molar-refractivity contribution in [3.8, 4) is 0 Å². The van der Waals surface area contributed by atoms with Crippen molar-refractivity contribution in [2.75, 3.05) is 13.1 Å². The molecule has 1 rings (SSSR count). The average Bonchev–Trinajstić information content (AvgIpc) is 2.38. The van der Waals surface area contributed by atoms with Crippen molar-refractivity contribution < 1.29 is 9.59 Å². The van der Waals surface area contributed by atoms with Crippen LogP contribution in [0.2, 0.25) is 0 Å². The van der Waals surface area contributed by atoms with Crippen molar-refractivity contribution in [2.45, 2.75) is 26.7 Å². The minimum absolute atomic E-state index is 0.0167. The lowest BCUT2D eigenvalue weighted by molar-refractivity contribution is -0.130. The van der Waals surface area contributed by atoms with Crippen molar-refractivity contribution in [3.63, 3.8) is 0 Å². The molecule has 0 radical (unpaired) electrons. The topological polar surface area (TPSA) is 37.4 Å². The Balaban J connectivity index is 2.51. The molecule has 0 fully saturated rings. The lowest BCUT2D eigenvalue weighted by atomic mass is 10.1. The second kappa shape index (κ2) is 7.31. The van der Waals surface area contributed by atoms with Gasteiger partial charge in [-0.3, -0.25) is 9.59 Å². The molecule has 0 N–H and O–H groups in total. The SMILES string of the molecule is CCN(CC)C(=O)CCC(=O)c1ccc(Br)cc1. The quantitative estimate of drug-likeness (QED) is 0.756. The van der Waals surface area contributed by atoms with E-state index >= 15 is 0 Å². The monoisotopic (exact) mass is 311 g/mol. The van der Waals surface area contributed by atoms with Crippen LogP contribution in [0.3, 0.4) is 0 Å². The van der Waals surface area contributed by atoms with Crippen LogP contribution in [0.4, 0.5) is 0 Å². The van der Waals surface area contributed by atoms with Crippen LogP contribution in [0.1, 0.15) is 37.0 Å².